The summed E-state index contributed by atoms with van der Waals surface area (Å²) in [5, 5.41) is 12.7. The highest BCUT2D eigenvalue weighted by Gasteiger charge is 2.16. The molecule has 0 heterocycles. The summed E-state index contributed by atoms with van der Waals surface area (Å²) in [6.07, 6.45) is 0.457. The number of rotatable bonds is 4. The number of nitrogens with one attached hydrogen (secondary N) is 1. The van der Waals surface area contributed by atoms with Crippen molar-refractivity contribution in [3.63, 3.8) is 0 Å². The Labute approximate surface area is 124 Å². The molecule has 4 heteroatoms. The molecule has 0 unspecified atom stereocenters. The topological polar surface area (TPSA) is 75.3 Å². The summed E-state index contributed by atoms with van der Waals surface area (Å²) in [6, 6.07) is 12.5. The summed E-state index contributed by atoms with van der Waals surface area (Å²) in [7, 11) is 0. The summed E-state index contributed by atoms with van der Waals surface area (Å²) < 4.78 is 0. The molecule has 4 nitrogen and oxygen atoms in total. The molecule has 110 valence electrons. The first kappa shape index (κ1) is 15.1. The largest absolute Gasteiger partial charge is 0.505 e. The quantitative estimate of drug-likeness (QED) is 0.755. The van der Waals surface area contributed by atoms with Gasteiger partial charge in [-0.1, -0.05) is 36.4 Å². The molecule has 0 fully saturated rings. The lowest BCUT2D eigenvalue weighted by Crippen LogP contribution is -2.37. The highest BCUT2D eigenvalue weighted by Crippen LogP contribution is 2.28. The van der Waals surface area contributed by atoms with E-state index in [1.54, 1.807) is 13.0 Å². The van der Waals surface area contributed by atoms with Crippen LogP contribution in [0.3, 0.4) is 0 Å². The monoisotopic (exact) mass is 284 g/mol. The Morgan fingerprint density at radius 2 is 1.90 bits per heavy atom. The zero-order valence-electron chi connectivity index (χ0n) is 12.3. The molecule has 0 aliphatic carbocycles. The molecule has 1 amide bonds. The average molecular weight is 284 g/mol. The molecule has 0 radical (unpaired) electrons. The van der Waals surface area contributed by atoms with E-state index >= 15 is 0 Å². The number of hydrogen-bond acceptors (Lipinski definition) is 3. The van der Waals surface area contributed by atoms with Crippen LogP contribution >= 0.6 is 0 Å². The fraction of sp³-hybridized carbons (Fsp3) is 0.235. The maximum atomic E-state index is 12.1. The molecule has 0 saturated carbocycles. The number of benzene rings is 2. The van der Waals surface area contributed by atoms with Crippen molar-refractivity contribution >= 4 is 11.6 Å². The lowest BCUT2D eigenvalue weighted by Gasteiger charge is -2.14. The van der Waals surface area contributed by atoms with Gasteiger partial charge < -0.3 is 16.2 Å². The van der Waals surface area contributed by atoms with Gasteiger partial charge in [0.15, 0.2) is 0 Å². The van der Waals surface area contributed by atoms with Crippen LogP contribution in [0.2, 0.25) is 0 Å². The van der Waals surface area contributed by atoms with E-state index in [1.165, 1.54) is 0 Å². The minimum atomic E-state index is -0.660. The number of aromatic hydroxyl groups is 1. The Morgan fingerprint density at radius 1 is 1.24 bits per heavy atom. The molecule has 2 aromatic carbocycles. The van der Waals surface area contributed by atoms with Crippen molar-refractivity contribution in [2.24, 2.45) is 5.73 Å². The number of anilines is 1. The number of hydrogen-bond donors (Lipinski definition) is 3. The molecule has 0 saturated heterocycles. The third kappa shape index (κ3) is 3.83. The molecule has 1 atom stereocenters. The second kappa shape index (κ2) is 6.41. The van der Waals surface area contributed by atoms with Gasteiger partial charge in [0.1, 0.15) is 5.75 Å². The summed E-state index contributed by atoms with van der Waals surface area (Å²) in [5.74, 6) is -0.222. The number of phenols is 1. The van der Waals surface area contributed by atoms with Crippen LogP contribution in [0.1, 0.15) is 16.7 Å². The Morgan fingerprint density at radius 3 is 2.57 bits per heavy atom. The minimum Gasteiger partial charge on any atom is -0.505 e. The number of carbonyl (C=O) groups excluding carboxylic acids is 1. The molecule has 0 aliphatic rings. The van der Waals surface area contributed by atoms with E-state index in [0.29, 0.717) is 12.1 Å². The number of aryl methyl sites for hydroxylation is 2. The summed E-state index contributed by atoms with van der Waals surface area (Å²) >= 11 is 0. The molecule has 21 heavy (non-hydrogen) atoms. The summed E-state index contributed by atoms with van der Waals surface area (Å²) in [4.78, 5) is 12.1. The van der Waals surface area contributed by atoms with Gasteiger partial charge in [-0.05, 0) is 43.0 Å². The van der Waals surface area contributed by atoms with E-state index in [0.717, 1.165) is 16.7 Å². The second-order valence-corrected chi connectivity index (χ2v) is 5.26. The standard InChI is InChI=1S/C17H20N2O2/c1-11-8-12(2)16(20)15(9-11)19-17(21)14(18)10-13-6-4-3-5-7-13/h3-9,14,20H,10,18H2,1-2H3,(H,19,21)/t14-/m1/s1. The van der Waals surface area contributed by atoms with Crippen LogP contribution < -0.4 is 11.1 Å². The third-order valence-corrected chi connectivity index (χ3v) is 3.34. The van der Waals surface area contributed by atoms with Crippen molar-refractivity contribution in [3.05, 3.63) is 59.2 Å². The number of nitrogens with two attached hydrogens (primary N) is 1. The number of amides is 1. The van der Waals surface area contributed by atoms with E-state index in [2.05, 4.69) is 5.32 Å². The Hall–Kier alpha value is -2.33. The van der Waals surface area contributed by atoms with E-state index in [4.69, 9.17) is 5.73 Å². The van der Waals surface area contributed by atoms with Crippen LogP contribution in [0.4, 0.5) is 5.69 Å². The first-order valence-corrected chi connectivity index (χ1v) is 6.88. The molecule has 0 aliphatic heterocycles. The second-order valence-electron chi connectivity index (χ2n) is 5.26. The van der Waals surface area contributed by atoms with Gasteiger partial charge in [-0.3, -0.25) is 4.79 Å². The van der Waals surface area contributed by atoms with Gasteiger partial charge in [-0.25, -0.2) is 0 Å². The normalized spacial score (nSPS) is 12.0. The Balaban J connectivity index is 2.08. The highest BCUT2D eigenvalue weighted by molar-refractivity contribution is 5.96. The zero-order chi connectivity index (χ0) is 15.4. The maximum Gasteiger partial charge on any atom is 0.241 e. The van der Waals surface area contributed by atoms with Gasteiger partial charge in [0, 0.05) is 0 Å². The predicted molar refractivity (Wildman–Crippen MR) is 84.3 cm³/mol. The SMILES string of the molecule is Cc1cc(C)c(O)c(NC(=O)[C@H](N)Cc2ccccc2)c1. The van der Waals surface area contributed by atoms with Crippen molar-refractivity contribution in [1.29, 1.82) is 0 Å². The Bertz CT molecular complexity index is 639. The first-order chi connectivity index (χ1) is 9.97. The van der Waals surface area contributed by atoms with E-state index < -0.39 is 6.04 Å². The molecule has 0 spiro atoms. The summed E-state index contributed by atoms with van der Waals surface area (Å²) in [6.45, 7) is 3.70. The van der Waals surface area contributed by atoms with Crippen molar-refractivity contribution < 1.29 is 9.90 Å². The molecule has 2 rings (SSSR count). The smallest absolute Gasteiger partial charge is 0.241 e. The van der Waals surface area contributed by atoms with Crippen molar-refractivity contribution in [3.8, 4) is 5.75 Å². The summed E-state index contributed by atoms with van der Waals surface area (Å²) in [5.41, 5.74) is 9.03. The van der Waals surface area contributed by atoms with Crippen molar-refractivity contribution in [2.45, 2.75) is 26.3 Å². The van der Waals surface area contributed by atoms with Crippen LogP contribution in [0.5, 0.6) is 5.75 Å². The molecular weight excluding hydrogens is 264 g/mol. The van der Waals surface area contributed by atoms with E-state index in [1.807, 2.05) is 43.3 Å². The van der Waals surface area contributed by atoms with Gasteiger partial charge in [-0.15, -0.1) is 0 Å². The maximum absolute atomic E-state index is 12.1. The average Bonchev–Trinajstić information content (AvgIpc) is 2.45. The van der Waals surface area contributed by atoms with Crippen LogP contribution in [-0.2, 0) is 11.2 Å². The highest BCUT2D eigenvalue weighted by atomic mass is 16.3. The molecule has 4 N–H and O–H groups in total. The number of phenolic OH excluding ortho intramolecular Hbond substituents is 1. The van der Waals surface area contributed by atoms with Crippen LogP contribution in [0.25, 0.3) is 0 Å². The van der Waals surface area contributed by atoms with Crippen molar-refractivity contribution in [2.75, 3.05) is 5.32 Å². The minimum absolute atomic E-state index is 0.0841. The van der Waals surface area contributed by atoms with Crippen LogP contribution in [0.15, 0.2) is 42.5 Å². The fourth-order valence-electron chi connectivity index (χ4n) is 2.24. The van der Waals surface area contributed by atoms with E-state index in [-0.39, 0.29) is 11.7 Å². The lowest BCUT2D eigenvalue weighted by atomic mass is 10.1. The zero-order valence-corrected chi connectivity index (χ0v) is 12.3. The van der Waals surface area contributed by atoms with Crippen molar-refractivity contribution in [1.82, 2.24) is 0 Å². The number of carbonyl (C=O) groups is 1. The van der Waals surface area contributed by atoms with Crippen LogP contribution in [0, 0.1) is 13.8 Å². The Kier molecular flexibility index (Phi) is 4.60. The van der Waals surface area contributed by atoms with Gasteiger partial charge in [-0.2, -0.15) is 0 Å². The molecule has 2 aromatic rings. The van der Waals surface area contributed by atoms with Gasteiger partial charge in [0.2, 0.25) is 5.91 Å². The lowest BCUT2D eigenvalue weighted by molar-refractivity contribution is -0.117. The van der Waals surface area contributed by atoms with Crippen LogP contribution in [-0.4, -0.2) is 17.1 Å². The van der Waals surface area contributed by atoms with E-state index in [9.17, 15) is 9.90 Å². The molecule has 0 bridgehead atoms. The predicted octanol–water partition coefficient (Wildman–Crippen LogP) is 2.52. The molecule has 0 aromatic heterocycles. The molecular formula is C17H20N2O2. The van der Waals surface area contributed by atoms with Gasteiger partial charge in [0.25, 0.3) is 0 Å². The van der Waals surface area contributed by atoms with Gasteiger partial charge in [0.05, 0.1) is 11.7 Å². The first-order valence-electron chi connectivity index (χ1n) is 6.88. The fourth-order valence-corrected chi connectivity index (χ4v) is 2.24. The van der Waals surface area contributed by atoms with Gasteiger partial charge >= 0.3 is 0 Å². The third-order valence-electron chi connectivity index (χ3n) is 3.34.